The average Bonchev–Trinajstić information content (AvgIpc) is 3.96. The second kappa shape index (κ2) is 15.6. The van der Waals surface area contributed by atoms with Crippen LogP contribution < -0.4 is 4.90 Å². The summed E-state index contributed by atoms with van der Waals surface area (Å²) in [5, 5.41) is 9.54. The molecule has 0 bridgehead atoms. The summed E-state index contributed by atoms with van der Waals surface area (Å²) in [4.78, 5) is 2.45. The van der Waals surface area contributed by atoms with Crippen LogP contribution in [0.2, 0.25) is 0 Å². The highest BCUT2D eigenvalue weighted by molar-refractivity contribution is 6.18. The van der Waals surface area contributed by atoms with E-state index in [0.29, 0.717) is 0 Å². The van der Waals surface area contributed by atoms with E-state index in [1.165, 1.54) is 65.9 Å². The average molecular weight is 878 g/mol. The standard InChI is InChI=1S/C67H43NO/c1-3-18-49(19-4-1)67(50-20-5-2-6-21-50)62-28-13-11-24-56(62)57-41-38-52(43-63(57)67)68(51-36-32-44(33-37-51)47-35-39-54-48(42-47)31-30-45-16-7-9-22-53(45)54)64-29-14-12-25-58(64)59-26-15-27-60-61-40-34-46-17-8-10-23-55(46)65(61)69-66(59)60/h1-43H. The Balaban J connectivity index is 0.992. The van der Waals surface area contributed by atoms with Gasteiger partial charge in [0.15, 0.2) is 0 Å². The highest BCUT2D eigenvalue weighted by Gasteiger charge is 2.46. The molecule has 0 amide bonds. The number of benzene rings is 12. The van der Waals surface area contributed by atoms with E-state index in [2.05, 4.69) is 266 Å². The lowest BCUT2D eigenvalue weighted by Crippen LogP contribution is -2.28. The van der Waals surface area contributed by atoms with Crippen molar-refractivity contribution in [2.24, 2.45) is 0 Å². The van der Waals surface area contributed by atoms with Gasteiger partial charge in [-0.05, 0) is 114 Å². The van der Waals surface area contributed by atoms with Crippen molar-refractivity contribution >= 4 is 71.3 Å². The third-order valence-electron chi connectivity index (χ3n) is 14.7. The van der Waals surface area contributed by atoms with E-state index >= 15 is 0 Å². The first-order valence-electron chi connectivity index (χ1n) is 23.8. The summed E-state index contributed by atoms with van der Waals surface area (Å²) in [5.41, 5.74) is 16.4. The highest BCUT2D eigenvalue weighted by atomic mass is 16.3. The fourth-order valence-electron chi connectivity index (χ4n) is 11.6. The van der Waals surface area contributed by atoms with Crippen LogP contribution in [-0.2, 0) is 5.41 Å². The minimum Gasteiger partial charge on any atom is -0.455 e. The van der Waals surface area contributed by atoms with E-state index < -0.39 is 5.41 Å². The normalized spacial score (nSPS) is 12.8. The third kappa shape index (κ3) is 5.99. The molecule has 69 heavy (non-hydrogen) atoms. The third-order valence-corrected chi connectivity index (χ3v) is 14.7. The van der Waals surface area contributed by atoms with Crippen LogP contribution in [0.5, 0.6) is 0 Å². The van der Waals surface area contributed by atoms with Crippen molar-refractivity contribution in [2.75, 3.05) is 4.90 Å². The van der Waals surface area contributed by atoms with E-state index in [1.807, 2.05) is 0 Å². The molecule has 14 rings (SSSR count). The lowest BCUT2D eigenvalue weighted by Gasteiger charge is -2.35. The molecule has 13 aromatic rings. The Morgan fingerprint density at radius 3 is 1.62 bits per heavy atom. The Morgan fingerprint density at radius 2 is 0.826 bits per heavy atom. The second-order valence-corrected chi connectivity index (χ2v) is 18.3. The zero-order valence-corrected chi connectivity index (χ0v) is 37.7. The van der Waals surface area contributed by atoms with Crippen LogP contribution in [0.15, 0.2) is 265 Å². The van der Waals surface area contributed by atoms with Crippen molar-refractivity contribution in [3.8, 4) is 33.4 Å². The summed E-state index contributed by atoms with van der Waals surface area (Å²) in [7, 11) is 0. The second-order valence-electron chi connectivity index (χ2n) is 18.3. The van der Waals surface area contributed by atoms with E-state index in [-0.39, 0.29) is 0 Å². The first-order chi connectivity index (χ1) is 34.2. The SMILES string of the molecule is c1ccc(C2(c3ccccc3)c3ccccc3-c3ccc(N(c4ccc(-c5ccc6c(ccc7ccccc76)c5)cc4)c4ccccc4-c4cccc5c4oc4c6ccccc6ccc54)cc32)cc1. The number of para-hydroxylation sites is 2. The molecule has 12 aromatic carbocycles. The minimum atomic E-state index is -0.552. The van der Waals surface area contributed by atoms with E-state index in [4.69, 9.17) is 4.42 Å². The first-order valence-corrected chi connectivity index (χ1v) is 23.8. The first kappa shape index (κ1) is 39.2. The fraction of sp³-hybridized carbons (Fsp3) is 0.0149. The van der Waals surface area contributed by atoms with Gasteiger partial charge in [-0.25, -0.2) is 0 Å². The number of anilines is 3. The van der Waals surface area contributed by atoms with Gasteiger partial charge in [0.25, 0.3) is 0 Å². The maximum Gasteiger partial charge on any atom is 0.143 e. The molecule has 1 aromatic heterocycles. The molecular formula is C67H43NO. The number of rotatable bonds is 7. The predicted octanol–water partition coefficient (Wildman–Crippen LogP) is 18.2. The number of hydrogen-bond donors (Lipinski definition) is 0. The predicted molar refractivity (Wildman–Crippen MR) is 289 cm³/mol. The van der Waals surface area contributed by atoms with Crippen LogP contribution in [0.4, 0.5) is 17.1 Å². The molecule has 0 unspecified atom stereocenters. The fourth-order valence-corrected chi connectivity index (χ4v) is 11.6. The summed E-state index contributed by atoms with van der Waals surface area (Å²) >= 11 is 0. The molecule has 0 aliphatic heterocycles. The van der Waals surface area contributed by atoms with Gasteiger partial charge in [0, 0.05) is 38.7 Å². The van der Waals surface area contributed by atoms with Crippen molar-refractivity contribution in [1.82, 2.24) is 0 Å². The van der Waals surface area contributed by atoms with Gasteiger partial charge < -0.3 is 9.32 Å². The van der Waals surface area contributed by atoms with Crippen LogP contribution in [0.1, 0.15) is 22.3 Å². The van der Waals surface area contributed by atoms with Gasteiger partial charge in [-0.2, -0.15) is 0 Å². The molecule has 0 atom stereocenters. The lowest BCUT2D eigenvalue weighted by molar-refractivity contribution is 0.674. The maximum atomic E-state index is 7.02. The van der Waals surface area contributed by atoms with Crippen LogP contribution in [0, 0.1) is 0 Å². The zero-order chi connectivity index (χ0) is 45.5. The van der Waals surface area contributed by atoms with Gasteiger partial charge in [-0.15, -0.1) is 0 Å². The summed E-state index contributed by atoms with van der Waals surface area (Å²) in [6.45, 7) is 0. The molecule has 2 nitrogen and oxygen atoms in total. The van der Waals surface area contributed by atoms with E-state index in [0.717, 1.165) is 61.1 Å². The molecule has 0 saturated heterocycles. The van der Waals surface area contributed by atoms with Crippen LogP contribution >= 0.6 is 0 Å². The van der Waals surface area contributed by atoms with E-state index in [1.54, 1.807) is 0 Å². The zero-order valence-electron chi connectivity index (χ0n) is 37.7. The Morgan fingerprint density at radius 1 is 0.290 bits per heavy atom. The van der Waals surface area contributed by atoms with Crippen LogP contribution in [-0.4, -0.2) is 0 Å². The van der Waals surface area contributed by atoms with Crippen LogP contribution in [0.25, 0.3) is 87.6 Å². The Hall–Kier alpha value is -8.98. The van der Waals surface area contributed by atoms with Crippen molar-refractivity contribution in [3.05, 3.63) is 283 Å². The Labute approximate surface area is 400 Å². The molecule has 322 valence electrons. The molecule has 1 aliphatic carbocycles. The van der Waals surface area contributed by atoms with E-state index in [9.17, 15) is 0 Å². The topological polar surface area (TPSA) is 16.4 Å². The molecule has 0 fully saturated rings. The van der Waals surface area contributed by atoms with Gasteiger partial charge >= 0.3 is 0 Å². The van der Waals surface area contributed by atoms with Crippen molar-refractivity contribution < 1.29 is 4.42 Å². The molecule has 0 saturated carbocycles. The summed E-state index contributed by atoms with van der Waals surface area (Å²) in [6.07, 6.45) is 0. The number of nitrogens with zero attached hydrogens (tertiary/aromatic N) is 1. The molecule has 0 N–H and O–H groups in total. The Kier molecular flexibility index (Phi) is 8.84. The number of hydrogen-bond acceptors (Lipinski definition) is 2. The quantitative estimate of drug-likeness (QED) is 0.148. The highest BCUT2D eigenvalue weighted by Crippen LogP contribution is 2.57. The van der Waals surface area contributed by atoms with Gasteiger partial charge in [-0.3, -0.25) is 0 Å². The van der Waals surface area contributed by atoms with Crippen molar-refractivity contribution in [3.63, 3.8) is 0 Å². The largest absolute Gasteiger partial charge is 0.455 e. The van der Waals surface area contributed by atoms with Gasteiger partial charge in [0.05, 0.1) is 11.1 Å². The van der Waals surface area contributed by atoms with Gasteiger partial charge in [0.2, 0.25) is 0 Å². The lowest BCUT2D eigenvalue weighted by atomic mass is 9.67. The molecule has 1 aliphatic rings. The maximum absolute atomic E-state index is 7.02. The summed E-state index contributed by atoms with van der Waals surface area (Å²) < 4.78 is 7.02. The van der Waals surface area contributed by atoms with Crippen LogP contribution in [0.3, 0.4) is 0 Å². The molecule has 1 heterocycles. The minimum absolute atomic E-state index is 0.552. The Bertz CT molecular complexity index is 4090. The molecule has 0 spiro atoms. The summed E-state index contributed by atoms with van der Waals surface area (Å²) in [6, 6.07) is 95.6. The number of furan rings is 1. The smallest absolute Gasteiger partial charge is 0.143 e. The molecule has 2 heteroatoms. The van der Waals surface area contributed by atoms with Gasteiger partial charge in [0.1, 0.15) is 11.2 Å². The molecular weight excluding hydrogens is 835 g/mol. The molecule has 0 radical (unpaired) electrons. The summed E-state index contributed by atoms with van der Waals surface area (Å²) in [5.74, 6) is 0. The monoisotopic (exact) mass is 877 g/mol. The number of fused-ring (bicyclic) bond motifs is 11. The van der Waals surface area contributed by atoms with Crippen molar-refractivity contribution in [2.45, 2.75) is 5.41 Å². The van der Waals surface area contributed by atoms with Crippen molar-refractivity contribution in [1.29, 1.82) is 0 Å². The van der Waals surface area contributed by atoms with Gasteiger partial charge in [-0.1, -0.05) is 218 Å².